The van der Waals surface area contributed by atoms with Crippen LogP contribution >= 0.6 is 0 Å². The van der Waals surface area contributed by atoms with Crippen molar-refractivity contribution in [3.63, 3.8) is 0 Å². The molecule has 1 N–H and O–H groups in total. The number of benzene rings is 1. The number of methoxy groups -OCH3 is 1. The van der Waals surface area contributed by atoms with Crippen LogP contribution in [0.25, 0.3) is 0 Å². The summed E-state index contributed by atoms with van der Waals surface area (Å²) >= 11 is 0. The van der Waals surface area contributed by atoms with Crippen LogP contribution in [0.5, 0.6) is 5.75 Å². The SMILES string of the molecule is COc1cccc(CCc2nc(C3CNCCN3C)no2)c1. The van der Waals surface area contributed by atoms with Crippen molar-refractivity contribution in [1.29, 1.82) is 0 Å². The number of aryl methyl sites for hydroxylation is 2. The minimum absolute atomic E-state index is 0.197. The van der Waals surface area contributed by atoms with E-state index in [-0.39, 0.29) is 6.04 Å². The number of hydrogen-bond acceptors (Lipinski definition) is 6. The van der Waals surface area contributed by atoms with Crippen LogP contribution in [-0.4, -0.2) is 48.8 Å². The molecular formula is C16H22N4O2. The van der Waals surface area contributed by atoms with E-state index in [9.17, 15) is 0 Å². The van der Waals surface area contributed by atoms with Crippen molar-refractivity contribution < 1.29 is 9.26 Å². The number of likely N-dealkylation sites (N-methyl/N-ethyl adjacent to an activating group) is 1. The summed E-state index contributed by atoms with van der Waals surface area (Å²) in [5.41, 5.74) is 1.20. The van der Waals surface area contributed by atoms with Crippen molar-refractivity contribution in [3.8, 4) is 5.75 Å². The van der Waals surface area contributed by atoms with Gasteiger partial charge in [-0.05, 0) is 31.2 Å². The number of hydrogen-bond donors (Lipinski definition) is 1. The van der Waals surface area contributed by atoms with Gasteiger partial charge in [-0.1, -0.05) is 17.3 Å². The fourth-order valence-electron chi connectivity index (χ4n) is 2.68. The fourth-order valence-corrected chi connectivity index (χ4v) is 2.68. The molecule has 1 aliphatic rings. The molecule has 1 unspecified atom stereocenters. The molecule has 6 heteroatoms. The molecule has 1 saturated heterocycles. The zero-order valence-electron chi connectivity index (χ0n) is 13.1. The number of piperazine rings is 1. The van der Waals surface area contributed by atoms with Crippen molar-refractivity contribution in [3.05, 3.63) is 41.5 Å². The third-order valence-electron chi connectivity index (χ3n) is 4.05. The van der Waals surface area contributed by atoms with Gasteiger partial charge >= 0.3 is 0 Å². The van der Waals surface area contributed by atoms with Crippen LogP contribution in [0.1, 0.15) is 23.3 Å². The predicted molar refractivity (Wildman–Crippen MR) is 82.9 cm³/mol. The monoisotopic (exact) mass is 302 g/mol. The number of nitrogens with zero attached hydrogens (tertiary/aromatic N) is 3. The standard InChI is InChI=1S/C16H22N4O2/c1-20-9-8-17-11-14(20)16-18-15(22-19-16)7-6-12-4-3-5-13(10-12)21-2/h3-5,10,14,17H,6-9,11H2,1-2H3. The largest absolute Gasteiger partial charge is 0.497 e. The minimum atomic E-state index is 0.197. The van der Waals surface area contributed by atoms with E-state index in [1.54, 1.807) is 7.11 Å². The van der Waals surface area contributed by atoms with Crippen LogP contribution < -0.4 is 10.1 Å². The van der Waals surface area contributed by atoms with E-state index in [0.29, 0.717) is 5.89 Å². The molecule has 1 aliphatic heterocycles. The van der Waals surface area contributed by atoms with Gasteiger partial charge in [0.1, 0.15) is 5.75 Å². The minimum Gasteiger partial charge on any atom is -0.497 e. The third-order valence-corrected chi connectivity index (χ3v) is 4.05. The van der Waals surface area contributed by atoms with Gasteiger partial charge in [0.15, 0.2) is 5.82 Å². The molecule has 0 radical (unpaired) electrons. The van der Waals surface area contributed by atoms with Gasteiger partial charge in [-0.3, -0.25) is 4.90 Å². The average Bonchev–Trinajstić information content (AvgIpc) is 3.02. The third kappa shape index (κ3) is 3.45. The molecule has 1 atom stereocenters. The first-order valence-electron chi connectivity index (χ1n) is 7.62. The molecule has 2 aromatic rings. The molecular weight excluding hydrogens is 280 g/mol. The topological polar surface area (TPSA) is 63.4 Å². The molecule has 6 nitrogen and oxygen atoms in total. The van der Waals surface area contributed by atoms with Crippen LogP contribution in [0, 0.1) is 0 Å². The zero-order chi connectivity index (χ0) is 15.4. The molecule has 118 valence electrons. The first-order valence-corrected chi connectivity index (χ1v) is 7.62. The number of nitrogens with one attached hydrogen (secondary N) is 1. The Kier molecular flexibility index (Phi) is 4.70. The van der Waals surface area contributed by atoms with Gasteiger partial charge in [0.25, 0.3) is 0 Å². The normalized spacial score (nSPS) is 19.3. The molecule has 0 saturated carbocycles. The summed E-state index contributed by atoms with van der Waals surface area (Å²) in [5, 5.41) is 7.51. The highest BCUT2D eigenvalue weighted by atomic mass is 16.5. The number of aromatic nitrogens is 2. The van der Waals surface area contributed by atoms with Crippen LogP contribution in [-0.2, 0) is 12.8 Å². The maximum atomic E-state index is 5.40. The van der Waals surface area contributed by atoms with Crippen LogP contribution in [0.4, 0.5) is 0 Å². The lowest BCUT2D eigenvalue weighted by atomic mass is 10.1. The Morgan fingerprint density at radius 2 is 2.32 bits per heavy atom. The van der Waals surface area contributed by atoms with Gasteiger partial charge in [-0.25, -0.2) is 0 Å². The van der Waals surface area contributed by atoms with Crippen molar-refractivity contribution >= 4 is 0 Å². The first-order chi connectivity index (χ1) is 10.8. The summed E-state index contributed by atoms with van der Waals surface area (Å²) in [6, 6.07) is 8.26. The quantitative estimate of drug-likeness (QED) is 0.902. The van der Waals surface area contributed by atoms with E-state index < -0.39 is 0 Å². The average molecular weight is 302 g/mol. The van der Waals surface area contributed by atoms with Crippen molar-refractivity contribution in [2.24, 2.45) is 0 Å². The second kappa shape index (κ2) is 6.89. The van der Waals surface area contributed by atoms with Crippen molar-refractivity contribution in [1.82, 2.24) is 20.4 Å². The number of rotatable bonds is 5. The van der Waals surface area contributed by atoms with E-state index in [2.05, 4.69) is 33.5 Å². The summed E-state index contributed by atoms with van der Waals surface area (Å²) in [6.45, 7) is 2.87. The molecule has 3 rings (SSSR count). The van der Waals surface area contributed by atoms with Gasteiger partial charge in [0.2, 0.25) is 5.89 Å². The zero-order valence-corrected chi connectivity index (χ0v) is 13.1. The predicted octanol–water partition coefficient (Wildman–Crippen LogP) is 1.44. The Bertz CT molecular complexity index is 614. The van der Waals surface area contributed by atoms with E-state index in [1.165, 1.54) is 5.56 Å². The number of ether oxygens (including phenoxy) is 1. The second-order valence-corrected chi connectivity index (χ2v) is 5.60. The van der Waals surface area contributed by atoms with Crippen LogP contribution in [0.3, 0.4) is 0 Å². The summed E-state index contributed by atoms with van der Waals surface area (Å²) in [4.78, 5) is 6.81. The maximum Gasteiger partial charge on any atom is 0.227 e. The lowest BCUT2D eigenvalue weighted by Gasteiger charge is -2.30. The Balaban J connectivity index is 1.61. The molecule has 22 heavy (non-hydrogen) atoms. The highest BCUT2D eigenvalue weighted by molar-refractivity contribution is 5.28. The van der Waals surface area contributed by atoms with Crippen molar-refractivity contribution in [2.75, 3.05) is 33.8 Å². The fraction of sp³-hybridized carbons (Fsp3) is 0.500. The molecule has 2 heterocycles. The van der Waals surface area contributed by atoms with E-state index >= 15 is 0 Å². The molecule has 1 aromatic heterocycles. The van der Waals surface area contributed by atoms with Gasteiger partial charge in [-0.2, -0.15) is 4.98 Å². The molecule has 1 fully saturated rings. The highest BCUT2D eigenvalue weighted by Crippen LogP contribution is 2.19. The molecule has 1 aromatic carbocycles. The Morgan fingerprint density at radius 3 is 3.14 bits per heavy atom. The summed E-state index contributed by atoms with van der Waals surface area (Å²) < 4.78 is 10.6. The molecule has 0 bridgehead atoms. The van der Waals surface area contributed by atoms with Gasteiger partial charge in [0, 0.05) is 26.1 Å². The lowest BCUT2D eigenvalue weighted by Crippen LogP contribution is -2.44. The smallest absolute Gasteiger partial charge is 0.227 e. The van der Waals surface area contributed by atoms with Gasteiger partial charge in [-0.15, -0.1) is 0 Å². The van der Waals surface area contributed by atoms with Gasteiger partial charge in [0.05, 0.1) is 13.2 Å². The maximum absolute atomic E-state index is 5.40. The Hall–Kier alpha value is -1.92. The van der Waals surface area contributed by atoms with Crippen molar-refractivity contribution in [2.45, 2.75) is 18.9 Å². The summed E-state index contributed by atoms with van der Waals surface area (Å²) in [5.74, 6) is 2.34. The summed E-state index contributed by atoms with van der Waals surface area (Å²) in [6.07, 6.45) is 1.60. The van der Waals surface area contributed by atoms with Crippen LogP contribution in [0.15, 0.2) is 28.8 Å². The van der Waals surface area contributed by atoms with E-state index in [0.717, 1.165) is 44.0 Å². The molecule has 0 amide bonds. The van der Waals surface area contributed by atoms with E-state index in [1.807, 2.05) is 18.2 Å². The van der Waals surface area contributed by atoms with Crippen LogP contribution in [0.2, 0.25) is 0 Å². The Labute approximate surface area is 130 Å². The molecule has 0 spiro atoms. The summed E-state index contributed by atoms with van der Waals surface area (Å²) in [7, 11) is 3.77. The second-order valence-electron chi connectivity index (χ2n) is 5.60. The lowest BCUT2D eigenvalue weighted by molar-refractivity contribution is 0.190. The highest BCUT2D eigenvalue weighted by Gasteiger charge is 2.25. The Morgan fingerprint density at radius 1 is 1.41 bits per heavy atom. The first kappa shape index (κ1) is 15.0. The van der Waals surface area contributed by atoms with Gasteiger partial charge < -0.3 is 14.6 Å². The molecule has 0 aliphatic carbocycles. The van der Waals surface area contributed by atoms with E-state index in [4.69, 9.17) is 9.26 Å².